The summed E-state index contributed by atoms with van der Waals surface area (Å²) >= 11 is 6.46. The molecule has 1 heterocycles. The number of aryl methyl sites for hydroxylation is 1. The molecule has 0 spiro atoms. The fourth-order valence-electron chi connectivity index (χ4n) is 1.69. The SMILES string of the molecule is CCc1cnc(CNS(=O)(=O)c2c(N)cc(Br)cc2Br)o1. The molecule has 114 valence electrons. The van der Waals surface area contributed by atoms with Gasteiger partial charge < -0.3 is 10.2 Å². The highest BCUT2D eigenvalue weighted by Gasteiger charge is 2.22. The second-order valence-electron chi connectivity index (χ2n) is 4.20. The number of hydrogen-bond donors (Lipinski definition) is 2. The fraction of sp³-hybridized carbons (Fsp3) is 0.250. The maximum Gasteiger partial charge on any atom is 0.244 e. The van der Waals surface area contributed by atoms with Gasteiger partial charge in [0.15, 0.2) is 0 Å². The minimum atomic E-state index is -3.78. The Labute approximate surface area is 139 Å². The Morgan fingerprint density at radius 2 is 2.10 bits per heavy atom. The van der Waals surface area contributed by atoms with Crippen LogP contribution in [0.4, 0.5) is 5.69 Å². The molecule has 0 aliphatic heterocycles. The Balaban J connectivity index is 2.23. The van der Waals surface area contributed by atoms with Gasteiger partial charge >= 0.3 is 0 Å². The van der Waals surface area contributed by atoms with Gasteiger partial charge in [0.05, 0.1) is 18.4 Å². The van der Waals surface area contributed by atoms with E-state index in [1.54, 1.807) is 12.3 Å². The number of benzene rings is 1. The maximum absolute atomic E-state index is 12.3. The van der Waals surface area contributed by atoms with Gasteiger partial charge in [-0.05, 0) is 28.1 Å². The van der Waals surface area contributed by atoms with Crippen molar-refractivity contribution in [2.24, 2.45) is 0 Å². The van der Waals surface area contributed by atoms with Gasteiger partial charge in [-0.1, -0.05) is 22.9 Å². The number of oxazole rings is 1. The molecule has 0 aliphatic rings. The second kappa shape index (κ2) is 6.47. The second-order valence-corrected chi connectivity index (χ2v) is 7.68. The van der Waals surface area contributed by atoms with Crippen LogP contribution in [0, 0.1) is 0 Å². The summed E-state index contributed by atoms with van der Waals surface area (Å²) in [6, 6.07) is 3.14. The standard InChI is InChI=1S/C12H13Br2N3O3S/c1-2-8-5-16-11(20-8)6-17-21(18,19)12-9(14)3-7(13)4-10(12)15/h3-5,17H,2,6,15H2,1H3. The van der Waals surface area contributed by atoms with Crippen LogP contribution in [0.25, 0.3) is 0 Å². The van der Waals surface area contributed by atoms with Gasteiger partial charge in [0.1, 0.15) is 10.7 Å². The highest BCUT2D eigenvalue weighted by Crippen LogP contribution is 2.31. The van der Waals surface area contributed by atoms with E-state index in [0.29, 0.717) is 27.0 Å². The first-order valence-corrected chi connectivity index (χ1v) is 9.08. The number of nitrogens with one attached hydrogen (secondary N) is 1. The predicted molar refractivity (Wildman–Crippen MR) is 86.2 cm³/mol. The number of sulfonamides is 1. The molecule has 6 nitrogen and oxygen atoms in total. The minimum absolute atomic E-state index is 0.00651. The molecule has 0 unspecified atom stereocenters. The van der Waals surface area contributed by atoms with Gasteiger partial charge in [-0.3, -0.25) is 0 Å². The Kier molecular flexibility index (Phi) is 5.07. The summed E-state index contributed by atoms with van der Waals surface area (Å²) in [7, 11) is -3.78. The van der Waals surface area contributed by atoms with Crippen LogP contribution in [0.1, 0.15) is 18.6 Å². The number of aromatic nitrogens is 1. The van der Waals surface area contributed by atoms with Crippen LogP contribution in [0.3, 0.4) is 0 Å². The Hall–Kier alpha value is -0.900. The van der Waals surface area contributed by atoms with Crippen LogP contribution in [0.5, 0.6) is 0 Å². The van der Waals surface area contributed by atoms with E-state index < -0.39 is 10.0 Å². The normalized spacial score (nSPS) is 11.8. The zero-order valence-corrected chi connectivity index (χ0v) is 15.0. The third-order valence-electron chi connectivity index (χ3n) is 2.67. The summed E-state index contributed by atoms with van der Waals surface area (Å²) in [6.45, 7) is 1.89. The molecule has 0 atom stereocenters. The molecule has 0 bridgehead atoms. The average molecular weight is 439 g/mol. The Morgan fingerprint density at radius 3 is 2.67 bits per heavy atom. The molecule has 0 amide bonds. The third-order valence-corrected chi connectivity index (χ3v) is 5.53. The topological polar surface area (TPSA) is 98.2 Å². The fourth-order valence-corrected chi connectivity index (χ4v) is 4.73. The van der Waals surface area contributed by atoms with Crippen LogP contribution >= 0.6 is 31.9 Å². The van der Waals surface area contributed by atoms with Crippen LogP contribution in [-0.2, 0) is 23.0 Å². The lowest BCUT2D eigenvalue weighted by atomic mass is 10.3. The van der Waals surface area contributed by atoms with E-state index in [1.165, 1.54) is 6.07 Å². The summed E-state index contributed by atoms with van der Waals surface area (Å²) in [6.07, 6.45) is 2.28. The van der Waals surface area contributed by atoms with E-state index in [4.69, 9.17) is 10.2 Å². The van der Waals surface area contributed by atoms with Crippen molar-refractivity contribution < 1.29 is 12.8 Å². The van der Waals surface area contributed by atoms with E-state index in [2.05, 4.69) is 41.6 Å². The monoisotopic (exact) mass is 437 g/mol. The lowest BCUT2D eigenvalue weighted by Gasteiger charge is -2.10. The minimum Gasteiger partial charge on any atom is -0.444 e. The smallest absolute Gasteiger partial charge is 0.244 e. The number of nitrogen functional groups attached to an aromatic ring is 1. The van der Waals surface area contributed by atoms with Gasteiger partial charge in [0, 0.05) is 15.4 Å². The molecule has 2 aromatic rings. The largest absolute Gasteiger partial charge is 0.444 e. The Morgan fingerprint density at radius 1 is 1.38 bits per heavy atom. The van der Waals surface area contributed by atoms with Gasteiger partial charge in [-0.2, -0.15) is 0 Å². The van der Waals surface area contributed by atoms with Crippen molar-refractivity contribution in [3.05, 3.63) is 38.9 Å². The lowest BCUT2D eigenvalue weighted by Crippen LogP contribution is -2.24. The zero-order chi connectivity index (χ0) is 15.6. The molecule has 2 rings (SSSR count). The highest BCUT2D eigenvalue weighted by atomic mass is 79.9. The molecule has 0 aliphatic carbocycles. The number of nitrogens with two attached hydrogens (primary N) is 1. The van der Waals surface area contributed by atoms with Crippen LogP contribution in [0.15, 0.2) is 36.6 Å². The molecular formula is C12H13Br2N3O3S. The molecule has 9 heteroatoms. The van der Waals surface area contributed by atoms with Crippen molar-refractivity contribution >= 4 is 47.6 Å². The van der Waals surface area contributed by atoms with E-state index >= 15 is 0 Å². The van der Waals surface area contributed by atoms with Crippen molar-refractivity contribution in [1.82, 2.24) is 9.71 Å². The Bertz CT molecular complexity index is 736. The summed E-state index contributed by atoms with van der Waals surface area (Å²) < 4.78 is 33.5. The number of anilines is 1. The zero-order valence-electron chi connectivity index (χ0n) is 11.1. The summed E-state index contributed by atoms with van der Waals surface area (Å²) in [4.78, 5) is 3.99. The van der Waals surface area contributed by atoms with E-state index in [-0.39, 0.29) is 17.1 Å². The molecule has 0 saturated carbocycles. The van der Waals surface area contributed by atoms with Crippen LogP contribution in [-0.4, -0.2) is 13.4 Å². The van der Waals surface area contributed by atoms with Gasteiger partial charge in [-0.25, -0.2) is 18.1 Å². The maximum atomic E-state index is 12.3. The average Bonchev–Trinajstić information content (AvgIpc) is 2.82. The molecule has 0 radical (unpaired) electrons. The molecule has 21 heavy (non-hydrogen) atoms. The molecule has 3 N–H and O–H groups in total. The number of nitrogens with zero attached hydrogens (tertiary/aromatic N) is 1. The summed E-state index contributed by atoms with van der Waals surface area (Å²) in [5.41, 5.74) is 5.93. The first kappa shape index (κ1) is 16.5. The van der Waals surface area contributed by atoms with Gasteiger partial charge in [0.2, 0.25) is 15.9 Å². The molecule has 1 aromatic carbocycles. The van der Waals surface area contributed by atoms with Gasteiger partial charge in [0.25, 0.3) is 0 Å². The third kappa shape index (κ3) is 3.85. The predicted octanol–water partition coefficient (Wildman–Crippen LogP) is 2.82. The quantitative estimate of drug-likeness (QED) is 0.699. The molecule has 0 fully saturated rings. The van der Waals surface area contributed by atoms with Crippen molar-refractivity contribution in [3.8, 4) is 0 Å². The van der Waals surface area contributed by atoms with Crippen LogP contribution < -0.4 is 10.5 Å². The van der Waals surface area contributed by atoms with Crippen molar-refractivity contribution in [3.63, 3.8) is 0 Å². The van der Waals surface area contributed by atoms with Crippen molar-refractivity contribution in [2.75, 3.05) is 5.73 Å². The van der Waals surface area contributed by atoms with Crippen molar-refractivity contribution in [1.29, 1.82) is 0 Å². The van der Waals surface area contributed by atoms with E-state index in [9.17, 15) is 8.42 Å². The molecule has 1 aromatic heterocycles. The van der Waals surface area contributed by atoms with E-state index in [1.807, 2.05) is 6.92 Å². The number of rotatable bonds is 5. The highest BCUT2D eigenvalue weighted by molar-refractivity contribution is 9.11. The van der Waals surface area contributed by atoms with Gasteiger partial charge in [-0.15, -0.1) is 0 Å². The van der Waals surface area contributed by atoms with E-state index in [0.717, 1.165) is 0 Å². The lowest BCUT2D eigenvalue weighted by molar-refractivity contribution is 0.452. The first-order chi connectivity index (χ1) is 9.83. The summed E-state index contributed by atoms with van der Waals surface area (Å²) in [5, 5.41) is 0. The summed E-state index contributed by atoms with van der Waals surface area (Å²) in [5.74, 6) is 1.01. The van der Waals surface area contributed by atoms with Crippen molar-refractivity contribution in [2.45, 2.75) is 24.8 Å². The first-order valence-electron chi connectivity index (χ1n) is 6.01. The number of halogens is 2. The molecule has 0 saturated heterocycles. The number of hydrogen-bond acceptors (Lipinski definition) is 5. The molecular weight excluding hydrogens is 426 g/mol. The van der Waals surface area contributed by atoms with Crippen LogP contribution in [0.2, 0.25) is 0 Å².